The standard InChI is InChI=1S/C14H27N3O3/c1-14(2,3)11(12(18)19)16-13(20)15-8-10-6-5-7-17(4)9-10/h10-11H,5-9H2,1-4H3,(H,18,19)(H2,15,16,20). The molecule has 1 heterocycles. The van der Waals surface area contributed by atoms with Crippen molar-refractivity contribution >= 4 is 12.0 Å². The van der Waals surface area contributed by atoms with E-state index in [9.17, 15) is 9.59 Å². The number of urea groups is 1. The van der Waals surface area contributed by atoms with Crippen LogP contribution in [0, 0.1) is 11.3 Å². The van der Waals surface area contributed by atoms with E-state index in [4.69, 9.17) is 5.11 Å². The van der Waals surface area contributed by atoms with Gasteiger partial charge in [-0.2, -0.15) is 0 Å². The highest BCUT2D eigenvalue weighted by Gasteiger charge is 2.32. The van der Waals surface area contributed by atoms with Gasteiger partial charge >= 0.3 is 12.0 Å². The highest BCUT2D eigenvalue weighted by Crippen LogP contribution is 2.19. The minimum Gasteiger partial charge on any atom is -0.480 e. The Morgan fingerprint density at radius 2 is 2.05 bits per heavy atom. The number of carboxylic acid groups (broad SMARTS) is 1. The van der Waals surface area contributed by atoms with Crippen molar-refractivity contribution < 1.29 is 14.7 Å². The van der Waals surface area contributed by atoms with E-state index in [-0.39, 0.29) is 0 Å². The second kappa shape index (κ2) is 6.92. The lowest BCUT2D eigenvalue weighted by molar-refractivity contribution is -0.141. The van der Waals surface area contributed by atoms with Crippen LogP contribution in [0.4, 0.5) is 4.79 Å². The van der Waals surface area contributed by atoms with E-state index in [1.807, 2.05) is 0 Å². The van der Waals surface area contributed by atoms with Gasteiger partial charge in [-0.1, -0.05) is 20.8 Å². The second-order valence-corrected chi connectivity index (χ2v) is 6.76. The number of amides is 2. The molecule has 6 heteroatoms. The topological polar surface area (TPSA) is 81.7 Å². The molecule has 6 nitrogen and oxygen atoms in total. The van der Waals surface area contributed by atoms with Gasteiger partial charge in [0, 0.05) is 13.1 Å². The molecule has 0 aromatic carbocycles. The van der Waals surface area contributed by atoms with Crippen LogP contribution in [0.3, 0.4) is 0 Å². The number of piperidine rings is 1. The number of rotatable bonds is 4. The molecule has 0 aromatic rings. The monoisotopic (exact) mass is 285 g/mol. The number of nitrogens with one attached hydrogen (secondary N) is 2. The average Bonchev–Trinajstić information content (AvgIpc) is 2.31. The number of likely N-dealkylation sites (tertiary alicyclic amines) is 1. The van der Waals surface area contributed by atoms with Crippen molar-refractivity contribution in [2.75, 3.05) is 26.7 Å². The average molecular weight is 285 g/mol. The zero-order valence-corrected chi connectivity index (χ0v) is 12.9. The minimum atomic E-state index is -1.01. The Morgan fingerprint density at radius 3 is 2.55 bits per heavy atom. The van der Waals surface area contributed by atoms with E-state index in [0.717, 1.165) is 25.9 Å². The van der Waals surface area contributed by atoms with Gasteiger partial charge in [0.2, 0.25) is 0 Å². The molecule has 1 aliphatic rings. The molecule has 0 aliphatic carbocycles. The molecule has 2 amide bonds. The van der Waals surface area contributed by atoms with Gasteiger partial charge in [-0.3, -0.25) is 0 Å². The molecule has 2 atom stereocenters. The summed E-state index contributed by atoms with van der Waals surface area (Å²) in [5.74, 6) is -0.567. The van der Waals surface area contributed by atoms with Crippen molar-refractivity contribution in [1.82, 2.24) is 15.5 Å². The van der Waals surface area contributed by atoms with Crippen LogP contribution in [0.1, 0.15) is 33.6 Å². The van der Waals surface area contributed by atoms with Gasteiger partial charge in [0.1, 0.15) is 6.04 Å². The Hall–Kier alpha value is -1.30. The maximum Gasteiger partial charge on any atom is 0.326 e. The Bertz CT molecular complexity index is 352. The van der Waals surface area contributed by atoms with Gasteiger partial charge in [-0.15, -0.1) is 0 Å². The lowest BCUT2D eigenvalue weighted by Gasteiger charge is -2.31. The lowest BCUT2D eigenvalue weighted by atomic mass is 9.87. The molecule has 1 fully saturated rings. The van der Waals surface area contributed by atoms with Crippen molar-refractivity contribution in [3.8, 4) is 0 Å². The van der Waals surface area contributed by atoms with Gasteiger partial charge in [-0.05, 0) is 37.8 Å². The molecule has 0 aromatic heterocycles. The third-order valence-electron chi connectivity index (χ3n) is 3.66. The Labute approximate surface area is 120 Å². The highest BCUT2D eigenvalue weighted by molar-refractivity contribution is 5.83. The molecule has 1 rings (SSSR count). The summed E-state index contributed by atoms with van der Waals surface area (Å²) in [7, 11) is 2.08. The molecule has 0 radical (unpaired) electrons. The van der Waals surface area contributed by atoms with Crippen LogP contribution in [0.5, 0.6) is 0 Å². The zero-order chi connectivity index (χ0) is 15.3. The molecule has 116 valence electrons. The second-order valence-electron chi connectivity index (χ2n) is 6.76. The predicted molar refractivity (Wildman–Crippen MR) is 77.6 cm³/mol. The Balaban J connectivity index is 2.40. The normalized spacial score (nSPS) is 22.1. The molecule has 2 unspecified atom stereocenters. The van der Waals surface area contributed by atoms with Crippen LogP contribution in [-0.2, 0) is 4.79 Å². The molecular weight excluding hydrogens is 258 g/mol. The summed E-state index contributed by atoms with van der Waals surface area (Å²) in [5, 5.41) is 14.5. The van der Waals surface area contributed by atoms with Crippen molar-refractivity contribution in [3.05, 3.63) is 0 Å². The van der Waals surface area contributed by atoms with Gasteiger partial charge in [0.15, 0.2) is 0 Å². The van der Waals surface area contributed by atoms with Gasteiger partial charge in [0.25, 0.3) is 0 Å². The molecule has 20 heavy (non-hydrogen) atoms. The summed E-state index contributed by atoms with van der Waals surface area (Å²) in [6.45, 7) is 8.05. The predicted octanol–water partition coefficient (Wildman–Crippen LogP) is 1.13. The number of carboxylic acids is 1. The first-order chi connectivity index (χ1) is 9.20. The van der Waals surface area contributed by atoms with Crippen molar-refractivity contribution in [3.63, 3.8) is 0 Å². The number of hydrogen-bond donors (Lipinski definition) is 3. The molecular formula is C14H27N3O3. The van der Waals surface area contributed by atoms with E-state index in [1.54, 1.807) is 20.8 Å². The van der Waals surface area contributed by atoms with Gasteiger partial charge < -0.3 is 20.6 Å². The third kappa shape index (κ3) is 5.36. The number of aliphatic carboxylic acids is 1. The summed E-state index contributed by atoms with van der Waals surface area (Å²) in [6.07, 6.45) is 2.25. The first-order valence-electron chi connectivity index (χ1n) is 7.16. The summed E-state index contributed by atoms with van der Waals surface area (Å²) in [5.41, 5.74) is -0.520. The van der Waals surface area contributed by atoms with Gasteiger partial charge in [-0.25, -0.2) is 9.59 Å². The lowest BCUT2D eigenvalue weighted by Crippen LogP contribution is -2.53. The van der Waals surface area contributed by atoms with Crippen molar-refractivity contribution in [2.45, 2.75) is 39.7 Å². The molecule has 0 spiro atoms. The molecule has 3 N–H and O–H groups in total. The van der Waals surface area contributed by atoms with E-state index in [1.165, 1.54) is 0 Å². The number of nitrogens with zero attached hydrogens (tertiary/aromatic N) is 1. The molecule has 0 saturated carbocycles. The van der Waals surface area contributed by atoms with Crippen LogP contribution >= 0.6 is 0 Å². The minimum absolute atomic E-state index is 0.402. The largest absolute Gasteiger partial charge is 0.480 e. The summed E-state index contributed by atoms with van der Waals surface area (Å²) >= 11 is 0. The zero-order valence-electron chi connectivity index (χ0n) is 12.9. The Morgan fingerprint density at radius 1 is 1.40 bits per heavy atom. The highest BCUT2D eigenvalue weighted by atomic mass is 16.4. The van der Waals surface area contributed by atoms with E-state index in [0.29, 0.717) is 12.5 Å². The fraction of sp³-hybridized carbons (Fsp3) is 0.857. The fourth-order valence-corrected chi connectivity index (χ4v) is 2.51. The molecule has 1 saturated heterocycles. The van der Waals surface area contributed by atoms with Crippen LogP contribution in [0.25, 0.3) is 0 Å². The quantitative estimate of drug-likeness (QED) is 0.723. The van der Waals surface area contributed by atoms with Crippen LogP contribution in [0.2, 0.25) is 0 Å². The first-order valence-corrected chi connectivity index (χ1v) is 7.16. The van der Waals surface area contributed by atoms with Crippen LogP contribution < -0.4 is 10.6 Å². The summed E-state index contributed by atoms with van der Waals surface area (Å²) < 4.78 is 0. The van der Waals surface area contributed by atoms with Crippen LogP contribution in [0.15, 0.2) is 0 Å². The van der Waals surface area contributed by atoms with E-state index in [2.05, 4.69) is 22.6 Å². The van der Waals surface area contributed by atoms with Crippen molar-refractivity contribution in [1.29, 1.82) is 0 Å². The molecule has 0 bridgehead atoms. The number of carbonyl (C=O) groups excluding carboxylic acids is 1. The third-order valence-corrected chi connectivity index (χ3v) is 3.66. The smallest absolute Gasteiger partial charge is 0.326 e. The summed E-state index contributed by atoms with van der Waals surface area (Å²) in [6, 6.07) is -1.29. The Kier molecular flexibility index (Phi) is 5.80. The SMILES string of the molecule is CN1CCCC(CNC(=O)NC(C(=O)O)C(C)(C)C)C1. The maximum atomic E-state index is 11.8. The van der Waals surface area contributed by atoms with Gasteiger partial charge in [0.05, 0.1) is 0 Å². The van der Waals surface area contributed by atoms with Crippen molar-refractivity contribution in [2.24, 2.45) is 11.3 Å². The molecule has 1 aliphatic heterocycles. The number of hydrogen-bond acceptors (Lipinski definition) is 3. The maximum absolute atomic E-state index is 11.8. The summed E-state index contributed by atoms with van der Waals surface area (Å²) in [4.78, 5) is 25.3. The fourth-order valence-electron chi connectivity index (χ4n) is 2.51. The number of carbonyl (C=O) groups is 2. The van der Waals surface area contributed by atoms with E-state index >= 15 is 0 Å². The van der Waals surface area contributed by atoms with E-state index < -0.39 is 23.5 Å². The first kappa shape index (κ1) is 16.8. The van der Waals surface area contributed by atoms with Crippen LogP contribution in [-0.4, -0.2) is 54.7 Å².